The maximum Gasteiger partial charge on any atom is 0.0621 e. The quantitative estimate of drug-likeness (QED) is 0.646. The molecule has 1 aromatic heterocycles. The molecule has 3 atom stereocenters. The van der Waals surface area contributed by atoms with Crippen molar-refractivity contribution in [2.45, 2.75) is 31.9 Å². The van der Waals surface area contributed by atoms with E-state index in [1.807, 2.05) is 11.4 Å². The Morgan fingerprint density at radius 3 is 3.12 bits per heavy atom. The zero-order valence-electron chi connectivity index (χ0n) is 9.28. The highest BCUT2D eigenvalue weighted by atomic mass is 35.5. The Labute approximate surface area is 105 Å². The highest BCUT2D eigenvalue weighted by Gasteiger charge is 2.35. The number of nitrogens with two attached hydrogens (primary N) is 1. The Morgan fingerprint density at radius 1 is 1.75 bits per heavy atom. The number of hydrogen-bond acceptors (Lipinski definition) is 4. The van der Waals surface area contributed by atoms with E-state index in [0.29, 0.717) is 12.0 Å². The first-order valence-electron chi connectivity index (χ1n) is 5.58. The van der Waals surface area contributed by atoms with Crippen LogP contribution in [-0.4, -0.2) is 12.7 Å². The van der Waals surface area contributed by atoms with Crippen LogP contribution < -0.4 is 11.3 Å². The van der Waals surface area contributed by atoms with Gasteiger partial charge >= 0.3 is 0 Å². The van der Waals surface area contributed by atoms with Crippen LogP contribution in [0.3, 0.4) is 0 Å². The van der Waals surface area contributed by atoms with Crippen LogP contribution in [0.2, 0.25) is 5.02 Å². The van der Waals surface area contributed by atoms with Gasteiger partial charge in [0.05, 0.1) is 17.2 Å². The number of nitrogens with one attached hydrogen (secondary N) is 1. The number of hydrogen-bond donors (Lipinski definition) is 2. The third-order valence-corrected chi connectivity index (χ3v) is 4.64. The summed E-state index contributed by atoms with van der Waals surface area (Å²) in [4.78, 5) is 1.12. The molecule has 0 saturated carbocycles. The van der Waals surface area contributed by atoms with Gasteiger partial charge in [-0.2, -0.15) is 0 Å². The molecule has 1 fully saturated rings. The molecule has 0 amide bonds. The van der Waals surface area contributed by atoms with Gasteiger partial charge in [-0.05, 0) is 24.3 Å². The summed E-state index contributed by atoms with van der Waals surface area (Å²) in [5.41, 5.74) is 2.90. The van der Waals surface area contributed by atoms with Gasteiger partial charge in [0.1, 0.15) is 0 Å². The first-order chi connectivity index (χ1) is 7.77. The van der Waals surface area contributed by atoms with E-state index in [4.69, 9.17) is 22.2 Å². The Hall–Kier alpha value is -0.130. The van der Waals surface area contributed by atoms with Crippen molar-refractivity contribution in [3.8, 4) is 0 Å². The first-order valence-corrected chi connectivity index (χ1v) is 6.84. The second kappa shape index (κ2) is 5.47. The highest BCUT2D eigenvalue weighted by Crippen LogP contribution is 2.39. The fourth-order valence-corrected chi connectivity index (χ4v) is 3.70. The second-order valence-corrected chi connectivity index (χ2v) is 5.40. The van der Waals surface area contributed by atoms with Crippen LogP contribution in [0.4, 0.5) is 0 Å². The third-order valence-electron chi connectivity index (χ3n) is 3.20. The van der Waals surface area contributed by atoms with Gasteiger partial charge < -0.3 is 4.74 Å². The van der Waals surface area contributed by atoms with Crippen LogP contribution in [-0.2, 0) is 4.74 Å². The Balaban J connectivity index is 2.19. The molecule has 0 aromatic carbocycles. The van der Waals surface area contributed by atoms with Gasteiger partial charge in [-0.3, -0.25) is 11.3 Å². The van der Waals surface area contributed by atoms with Gasteiger partial charge in [0.2, 0.25) is 0 Å². The molecule has 1 aliphatic rings. The van der Waals surface area contributed by atoms with Crippen molar-refractivity contribution in [3.05, 3.63) is 21.3 Å². The lowest BCUT2D eigenvalue weighted by Gasteiger charge is -2.25. The van der Waals surface area contributed by atoms with Crippen LogP contribution >= 0.6 is 22.9 Å². The van der Waals surface area contributed by atoms with Gasteiger partial charge in [-0.25, -0.2) is 0 Å². The van der Waals surface area contributed by atoms with Gasteiger partial charge in [-0.15, -0.1) is 11.3 Å². The molecule has 90 valence electrons. The maximum absolute atomic E-state index is 6.16. The lowest BCUT2D eigenvalue weighted by molar-refractivity contribution is 0.0778. The van der Waals surface area contributed by atoms with Crippen molar-refractivity contribution in [1.29, 1.82) is 0 Å². The van der Waals surface area contributed by atoms with Gasteiger partial charge in [0, 0.05) is 17.4 Å². The number of thiophene rings is 1. The fraction of sp³-hybridized carbons (Fsp3) is 0.636. The maximum atomic E-state index is 6.16. The summed E-state index contributed by atoms with van der Waals surface area (Å²) in [7, 11) is 0. The number of rotatable bonds is 4. The van der Waals surface area contributed by atoms with E-state index in [9.17, 15) is 0 Å². The molecule has 1 saturated heterocycles. The molecule has 16 heavy (non-hydrogen) atoms. The molecule has 0 aliphatic carbocycles. The van der Waals surface area contributed by atoms with Crippen LogP contribution in [0, 0.1) is 5.92 Å². The molecule has 3 unspecified atom stereocenters. The summed E-state index contributed by atoms with van der Waals surface area (Å²) in [5.74, 6) is 6.09. The summed E-state index contributed by atoms with van der Waals surface area (Å²) >= 11 is 7.81. The molecular weight excluding hydrogens is 244 g/mol. The summed E-state index contributed by atoms with van der Waals surface area (Å²) in [6.45, 7) is 2.97. The van der Waals surface area contributed by atoms with Crippen LogP contribution in [0.1, 0.15) is 30.7 Å². The minimum absolute atomic E-state index is 0.111. The van der Waals surface area contributed by atoms with Crippen molar-refractivity contribution >= 4 is 22.9 Å². The van der Waals surface area contributed by atoms with Gasteiger partial charge in [0.25, 0.3) is 0 Å². The van der Waals surface area contributed by atoms with Crippen molar-refractivity contribution in [2.75, 3.05) is 6.61 Å². The summed E-state index contributed by atoms with van der Waals surface area (Å²) in [5, 5.41) is 2.80. The number of ether oxygens (including phenoxy) is 1. The molecule has 3 nitrogen and oxygen atoms in total. The fourth-order valence-electron chi connectivity index (χ4n) is 2.39. The van der Waals surface area contributed by atoms with E-state index in [2.05, 4.69) is 12.3 Å². The smallest absolute Gasteiger partial charge is 0.0621 e. The molecule has 5 heteroatoms. The van der Waals surface area contributed by atoms with E-state index in [-0.39, 0.29) is 6.04 Å². The van der Waals surface area contributed by atoms with Crippen molar-refractivity contribution in [2.24, 2.45) is 11.8 Å². The van der Waals surface area contributed by atoms with Crippen molar-refractivity contribution < 1.29 is 4.74 Å². The van der Waals surface area contributed by atoms with Crippen LogP contribution in [0.5, 0.6) is 0 Å². The van der Waals surface area contributed by atoms with Gasteiger partial charge in [-0.1, -0.05) is 18.5 Å². The Kier molecular flexibility index (Phi) is 4.21. The molecule has 2 heterocycles. The van der Waals surface area contributed by atoms with E-state index in [0.717, 1.165) is 29.3 Å². The van der Waals surface area contributed by atoms with Crippen molar-refractivity contribution in [3.63, 3.8) is 0 Å². The zero-order valence-corrected chi connectivity index (χ0v) is 10.9. The topological polar surface area (TPSA) is 47.3 Å². The van der Waals surface area contributed by atoms with Crippen LogP contribution in [0.25, 0.3) is 0 Å². The predicted molar refractivity (Wildman–Crippen MR) is 67.5 cm³/mol. The minimum Gasteiger partial charge on any atom is -0.378 e. The number of hydrazine groups is 1. The number of halogens is 1. The predicted octanol–water partition coefficient (Wildman–Crippen LogP) is 2.72. The van der Waals surface area contributed by atoms with E-state index in [1.54, 1.807) is 11.3 Å². The zero-order chi connectivity index (χ0) is 11.5. The normalized spacial score (nSPS) is 27.2. The standard InChI is InChI=1S/C11H17ClN2OS/c1-2-9-7(3-5-15-9)10(14-13)11-8(12)4-6-16-11/h4,6-7,9-10,14H,2-3,5,13H2,1H3. The molecular formula is C11H17ClN2OS. The Morgan fingerprint density at radius 2 is 2.56 bits per heavy atom. The molecule has 1 aromatic rings. The molecule has 3 N–H and O–H groups in total. The minimum atomic E-state index is 0.111. The summed E-state index contributed by atoms with van der Waals surface area (Å²) in [6.07, 6.45) is 2.35. The average Bonchev–Trinajstić information content (AvgIpc) is 2.90. The van der Waals surface area contributed by atoms with Gasteiger partial charge in [0.15, 0.2) is 0 Å². The first kappa shape index (κ1) is 12.3. The summed E-state index contributed by atoms with van der Waals surface area (Å²) in [6, 6.07) is 2.03. The van der Waals surface area contributed by atoms with Crippen LogP contribution in [0.15, 0.2) is 11.4 Å². The monoisotopic (exact) mass is 260 g/mol. The van der Waals surface area contributed by atoms with E-state index >= 15 is 0 Å². The summed E-state index contributed by atoms with van der Waals surface area (Å²) < 4.78 is 5.70. The molecule has 0 spiro atoms. The van der Waals surface area contributed by atoms with E-state index < -0.39 is 0 Å². The average molecular weight is 261 g/mol. The molecule has 0 radical (unpaired) electrons. The third kappa shape index (κ3) is 2.26. The lowest BCUT2D eigenvalue weighted by Crippen LogP contribution is -2.36. The lowest BCUT2D eigenvalue weighted by atomic mass is 9.90. The van der Waals surface area contributed by atoms with E-state index in [1.165, 1.54) is 0 Å². The highest BCUT2D eigenvalue weighted by molar-refractivity contribution is 7.10. The SMILES string of the molecule is CCC1OCCC1C(NN)c1sccc1Cl. The van der Waals surface area contributed by atoms with Crippen molar-refractivity contribution in [1.82, 2.24) is 5.43 Å². The second-order valence-electron chi connectivity index (χ2n) is 4.05. The molecule has 2 rings (SSSR count). The Bertz CT molecular complexity index is 344. The molecule has 1 aliphatic heterocycles. The largest absolute Gasteiger partial charge is 0.378 e. The molecule has 0 bridgehead atoms.